The fourth-order valence-corrected chi connectivity index (χ4v) is 3.84. The predicted molar refractivity (Wildman–Crippen MR) is 96.8 cm³/mol. The Morgan fingerprint density at radius 2 is 1.92 bits per heavy atom. The monoisotopic (exact) mass is 348 g/mol. The van der Waals surface area contributed by atoms with Crippen LogP contribution in [-0.4, -0.2) is 21.6 Å². The number of thiophene rings is 1. The number of hydrogen-bond acceptors (Lipinski definition) is 4. The number of rotatable bonds is 6. The highest BCUT2D eigenvalue weighted by atomic mass is 32.1. The van der Waals surface area contributed by atoms with Gasteiger partial charge in [-0.25, -0.2) is 0 Å². The molecule has 0 bridgehead atoms. The van der Waals surface area contributed by atoms with E-state index in [1.807, 2.05) is 25.5 Å². The molecule has 0 spiro atoms. The van der Waals surface area contributed by atoms with Crippen LogP contribution in [0.15, 0.2) is 6.07 Å². The van der Waals surface area contributed by atoms with Gasteiger partial charge in [0.25, 0.3) is 11.8 Å². The Hall–Kier alpha value is -2.15. The molecule has 3 N–H and O–H groups in total. The molecule has 6 nitrogen and oxygen atoms in total. The van der Waals surface area contributed by atoms with Gasteiger partial charge in [0.15, 0.2) is 5.69 Å². The number of amides is 2. The van der Waals surface area contributed by atoms with Crippen molar-refractivity contribution in [1.29, 1.82) is 0 Å². The minimum Gasteiger partial charge on any atom is -0.365 e. The van der Waals surface area contributed by atoms with Crippen molar-refractivity contribution in [1.82, 2.24) is 9.78 Å². The molecule has 0 saturated carbocycles. The Kier molecular flexibility index (Phi) is 5.43. The third kappa shape index (κ3) is 3.36. The summed E-state index contributed by atoms with van der Waals surface area (Å²) in [6.07, 6.45) is 1.91. The van der Waals surface area contributed by atoms with Crippen LogP contribution in [0.5, 0.6) is 0 Å². The highest BCUT2D eigenvalue weighted by Gasteiger charge is 2.21. The van der Waals surface area contributed by atoms with Crippen LogP contribution in [0.4, 0.5) is 5.00 Å². The third-order valence-electron chi connectivity index (χ3n) is 4.30. The van der Waals surface area contributed by atoms with Crippen LogP contribution >= 0.6 is 11.3 Å². The molecule has 0 aromatic carbocycles. The minimum absolute atomic E-state index is 0.277. The summed E-state index contributed by atoms with van der Waals surface area (Å²) in [5.41, 5.74) is 7.92. The number of nitrogens with zero attached hydrogens (tertiary/aromatic N) is 2. The lowest BCUT2D eigenvalue weighted by atomic mass is 10.1. The third-order valence-corrected chi connectivity index (χ3v) is 5.42. The Morgan fingerprint density at radius 3 is 2.46 bits per heavy atom. The summed E-state index contributed by atoms with van der Waals surface area (Å²) in [5.74, 6) is -0.863. The number of anilines is 1. The molecule has 130 valence electrons. The summed E-state index contributed by atoms with van der Waals surface area (Å²) >= 11 is 1.35. The molecular weight excluding hydrogens is 324 g/mol. The number of carbonyl (C=O) groups is 2. The van der Waals surface area contributed by atoms with E-state index in [2.05, 4.69) is 24.3 Å². The molecule has 2 aromatic heterocycles. The molecule has 7 heteroatoms. The van der Waals surface area contributed by atoms with Gasteiger partial charge in [-0.15, -0.1) is 11.3 Å². The van der Waals surface area contributed by atoms with Crippen molar-refractivity contribution in [2.75, 3.05) is 5.32 Å². The lowest BCUT2D eigenvalue weighted by molar-refractivity contribution is 0.100. The van der Waals surface area contributed by atoms with Crippen LogP contribution in [-0.2, 0) is 0 Å². The first-order chi connectivity index (χ1) is 11.3. The van der Waals surface area contributed by atoms with Gasteiger partial charge in [-0.1, -0.05) is 13.8 Å². The molecule has 2 heterocycles. The van der Waals surface area contributed by atoms with Crippen molar-refractivity contribution in [3.8, 4) is 0 Å². The van der Waals surface area contributed by atoms with Gasteiger partial charge in [0.05, 0.1) is 11.6 Å². The van der Waals surface area contributed by atoms with E-state index in [9.17, 15) is 9.59 Å². The number of nitrogens with one attached hydrogen (secondary N) is 1. The Labute approximate surface area is 146 Å². The summed E-state index contributed by atoms with van der Waals surface area (Å²) in [5, 5.41) is 7.72. The quantitative estimate of drug-likeness (QED) is 0.836. The lowest BCUT2D eigenvalue weighted by Gasteiger charge is -2.14. The largest absolute Gasteiger partial charge is 0.365 e. The predicted octanol–water partition coefficient (Wildman–Crippen LogP) is 3.58. The van der Waals surface area contributed by atoms with Crippen molar-refractivity contribution in [3.05, 3.63) is 33.5 Å². The number of aryl methyl sites for hydroxylation is 2. The van der Waals surface area contributed by atoms with E-state index in [0.717, 1.165) is 29.0 Å². The average Bonchev–Trinajstić information content (AvgIpc) is 3.02. The van der Waals surface area contributed by atoms with Crippen molar-refractivity contribution in [3.63, 3.8) is 0 Å². The highest BCUT2D eigenvalue weighted by molar-refractivity contribution is 7.16. The zero-order valence-electron chi connectivity index (χ0n) is 14.8. The molecule has 0 radical (unpaired) electrons. The van der Waals surface area contributed by atoms with Crippen molar-refractivity contribution in [2.45, 2.75) is 53.5 Å². The number of nitrogens with two attached hydrogens (primary N) is 1. The molecule has 0 unspecified atom stereocenters. The maximum Gasteiger partial charge on any atom is 0.276 e. The van der Waals surface area contributed by atoms with E-state index in [1.54, 1.807) is 6.07 Å². The van der Waals surface area contributed by atoms with E-state index >= 15 is 0 Å². The van der Waals surface area contributed by atoms with E-state index in [4.69, 9.17) is 5.73 Å². The number of aromatic nitrogens is 2. The van der Waals surface area contributed by atoms with Gasteiger partial charge >= 0.3 is 0 Å². The van der Waals surface area contributed by atoms with Crippen molar-refractivity contribution in [2.24, 2.45) is 5.73 Å². The first-order valence-corrected chi connectivity index (χ1v) is 8.89. The zero-order chi connectivity index (χ0) is 18.0. The van der Waals surface area contributed by atoms with E-state index in [-0.39, 0.29) is 11.9 Å². The summed E-state index contributed by atoms with van der Waals surface area (Å²) < 4.78 is 1.90. The molecule has 2 amide bonds. The summed E-state index contributed by atoms with van der Waals surface area (Å²) in [6, 6.07) is 2.05. The molecule has 0 fully saturated rings. The lowest BCUT2D eigenvalue weighted by Crippen LogP contribution is -2.18. The second kappa shape index (κ2) is 7.17. The maximum atomic E-state index is 12.5. The highest BCUT2D eigenvalue weighted by Crippen LogP contribution is 2.32. The topological polar surface area (TPSA) is 90.0 Å². The molecule has 0 aliphatic heterocycles. The van der Waals surface area contributed by atoms with Crippen LogP contribution in [0.3, 0.4) is 0 Å². The van der Waals surface area contributed by atoms with Crippen LogP contribution in [0.1, 0.15) is 69.7 Å². The normalized spacial score (nSPS) is 11.1. The molecule has 0 saturated heterocycles. The first kappa shape index (κ1) is 18.2. The Bertz CT molecular complexity index is 772. The Balaban J connectivity index is 2.30. The van der Waals surface area contributed by atoms with E-state index in [0.29, 0.717) is 16.3 Å². The molecule has 0 atom stereocenters. The van der Waals surface area contributed by atoms with Crippen molar-refractivity contribution >= 4 is 28.2 Å². The van der Waals surface area contributed by atoms with Gasteiger partial charge in [-0.2, -0.15) is 5.10 Å². The molecule has 2 aromatic rings. The van der Waals surface area contributed by atoms with E-state index < -0.39 is 5.91 Å². The summed E-state index contributed by atoms with van der Waals surface area (Å²) in [7, 11) is 0. The van der Waals surface area contributed by atoms with Gasteiger partial charge in [0, 0.05) is 10.6 Å². The average molecular weight is 348 g/mol. The standard InChI is InChI=1S/C17H24N4O2S/c1-6-12(7-2)21-9(3)8-13(20-21)16(23)19-17-14(15(18)22)10(4)11(5)24-17/h8,12H,6-7H2,1-5H3,(H2,18,22)(H,19,23). The first-order valence-electron chi connectivity index (χ1n) is 8.07. The molecule has 0 aliphatic rings. The van der Waals surface area contributed by atoms with Crippen LogP contribution in [0, 0.1) is 20.8 Å². The number of carbonyl (C=O) groups excluding carboxylic acids is 2. The summed E-state index contributed by atoms with van der Waals surface area (Å²) in [6.45, 7) is 9.87. The molecule has 0 aliphatic carbocycles. The van der Waals surface area contributed by atoms with Gasteiger partial charge in [0.1, 0.15) is 5.00 Å². The van der Waals surface area contributed by atoms with Gasteiger partial charge in [-0.05, 0) is 45.2 Å². The van der Waals surface area contributed by atoms with Crippen molar-refractivity contribution < 1.29 is 9.59 Å². The number of hydrogen-bond donors (Lipinski definition) is 2. The van der Waals surface area contributed by atoms with Crippen LogP contribution in [0.25, 0.3) is 0 Å². The summed E-state index contributed by atoms with van der Waals surface area (Å²) in [4.78, 5) is 25.2. The Morgan fingerprint density at radius 1 is 1.29 bits per heavy atom. The number of primary amides is 1. The maximum absolute atomic E-state index is 12.5. The molecular formula is C17H24N4O2S. The smallest absolute Gasteiger partial charge is 0.276 e. The SMILES string of the molecule is CCC(CC)n1nc(C(=O)Nc2sc(C)c(C)c2C(N)=O)cc1C. The van der Waals surface area contributed by atoms with E-state index in [1.165, 1.54) is 11.3 Å². The molecule has 2 rings (SSSR count). The van der Waals surface area contributed by atoms with Gasteiger partial charge in [0.2, 0.25) is 0 Å². The second-order valence-corrected chi connectivity index (χ2v) is 7.12. The second-order valence-electron chi connectivity index (χ2n) is 5.89. The fraction of sp³-hybridized carbons (Fsp3) is 0.471. The zero-order valence-corrected chi connectivity index (χ0v) is 15.6. The fourth-order valence-electron chi connectivity index (χ4n) is 2.78. The van der Waals surface area contributed by atoms with Gasteiger partial charge in [-0.3, -0.25) is 14.3 Å². The minimum atomic E-state index is -0.536. The van der Waals surface area contributed by atoms with Gasteiger partial charge < -0.3 is 11.1 Å². The van der Waals surface area contributed by atoms with Crippen LogP contribution in [0.2, 0.25) is 0 Å². The molecule has 24 heavy (non-hydrogen) atoms. The van der Waals surface area contributed by atoms with Crippen LogP contribution < -0.4 is 11.1 Å².